The molecule has 0 aromatic carbocycles. The van der Waals surface area contributed by atoms with Crippen LogP contribution < -0.4 is 10.6 Å². The van der Waals surface area contributed by atoms with Crippen molar-refractivity contribution in [3.63, 3.8) is 0 Å². The molecule has 0 fully saturated rings. The number of nitrogens with zero attached hydrogens (tertiary/aromatic N) is 2. The zero-order valence-electron chi connectivity index (χ0n) is 11.1. The summed E-state index contributed by atoms with van der Waals surface area (Å²) in [5.74, 6) is -0.0622. The van der Waals surface area contributed by atoms with E-state index in [2.05, 4.69) is 9.72 Å². The number of methoxy groups -OCH3 is 1. The number of hydrogen-bond acceptors (Lipinski definition) is 6. The average Bonchev–Trinajstić information content (AvgIpc) is 2.26. The van der Waals surface area contributed by atoms with Crippen LogP contribution in [0.4, 0.5) is 11.5 Å². The highest BCUT2D eigenvalue weighted by Crippen LogP contribution is 2.24. The third kappa shape index (κ3) is 3.33. The van der Waals surface area contributed by atoms with Crippen LogP contribution in [-0.4, -0.2) is 42.4 Å². The average molecular weight is 253 g/mol. The SMILES string of the molecule is COC(=O)c1ccnc(N(C)CC(C)(C)O)c1N. The minimum atomic E-state index is -0.885. The van der Waals surface area contributed by atoms with Crippen LogP contribution in [0.1, 0.15) is 24.2 Å². The molecule has 0 spiro atoms. The van der Waals surface area contributed by atoms with Crippen LogP contribution in [0.5, 0.6) is 0 Å². The van der Waals surface area contributed by atoms with E-state index in [0.29, 0.717) is 12.4 Å². The summed E-state index contributed by atoms with van der Waals surface area (Å²) in [6.45, 7) is 3.71. The molecule has 1 heterocycles. The van der Waals surface area contributed by atoms with Crippen LogP contribution in [-0.2, 0) is 4.74 Å². The van der Waals surface area contributed by atoms with Gasteiger partial charge in [0.25, 0.3) is 0 Å². The first kappa shape index (κ1) is 14.2. The smallest absolute Gasteiger partial charge is 0.340 e. The molecule has 0 atom stereocenters. The molecule has 0 amide bonds. The number of hydrogen-bond donors (Lipinski definition) is 2. The Morgan fingerprint density at radius 2 is 2.22 bits per heavy atom. The van der Waals surface area contributed by atoms with Gasteiger partial charge in [-0.25, -0.2) is 9.78 Å². The standard InChI is InChI=1S/C12H19N3O3/c1-12(2,17)7-15(3)10-9(13)8(5-6-14-10)11(16)18-4/h5-6,17H,7,13H2,1-4H3. The zero-order valence-corrected chi connectivity index (χ0v) is 11.1. The normalized spacial score (nSPS) is 11.2. The summed E-state index contributed by atoms with van der Waals surface area (Å²) < 4.78 is 4.64. The summed E-state index contributed by atoms with van der Waals surface area (Å²) >= 11 is 0. The van der Waals surface area contributed by atoms with Crippen molar-refractivity contribution in [2.45, 2.75) is 19.4 Å². The van der Waals surface area contributed by atoms with Crippen molar-refractivity contribution in [1.82, 2.24) is 4.98 Å². The van der Waals surface area contributed by atoms with E-state index in [1.807, 2.05) is 0 Å². The second-order valence-electron chi connectivity index (χ2n) is 4.76. The molecule has 100 valence electrons. The summed E-state index contributed by atoms with van der Waals surface area (Å²) in [7, 11) is 3.04. The van der Waals surface area contributed by atoms with Crippen molar-refractivity contribution in [2.75, 3.05) is 31.3 Å². The van der Waals surface area contributed by atoms with Crippen molar-refractivity contribution in [1.29, 1.82) is 0 Å². The molecular formula is C12H19N3O3. The van der Waals surface area contributed by atoms with E-state index in [1.165, 1.54) is 19.4 Å². The highest BCUT2D eigenvalue weighted by Gasteiger charge is 2.21. The second kappa shape index (κ2) is 5.22. The lowest BCUT2D eigenvalue weighted by Gasteiger charge is -2.27. The maximum Gasteiger partial charge on any atom is 0.340 e. The number of carbonyl (C=O) groups excluding carboxylic acids is 1. The number of aliphatic hydroxyl groups is 1. The highest BCUT2D eigenvalue weighted by molar-refractivity contribution is 5.97. The predicted octanol–water partition coefficient (Wildman–Crippen LogP) is 0.657. The Morgan fingerprint density at radius 3 is 2.72 bits per heavy atom. The molecule has 18 heavy (non-hydrogen) atoms. The third-order valence-electron chi connectivity index (χ3n) is 2.36. The molecule has 0 aliphatic carbocycles. The summed E-state index contributed by atoms with van der Waals surface area (Å²) in [4.78, 5) is 17.3. The van der Waals surface area contributed by atoms with Crippen LogP contribution in [0.15, 0.2) is 12.3 Å². The molecule has 1 rings (SSSR count). The Kier molecular flexibility index (Phi) is 4.13. The van der Waals surface area contributed by atoms with Crippen LogP contribution in [0.2, 0.25) is 0 Å². The minimum absolute atomic E-state index is 0.246. The van der Waals surface area contributed by atoms with E-state index in [-0.39, 0.29) is 11.3 Å². The lowest BCUT2D eigenvalue weighted by atomic mass is 10.1. The molecule has 1 aromatic heterocycles. The number of pyridine rings is 1. The third-order valence-corrected chi connectivity index (χ3v) is 2.36. The molecule has 6 heteroatoms. The molecule has 0 aliphatic rings. The first-order valence-corrected chi connectivity index (χ1v) is 5.52. The van der Waals surface area contributed by atoms with Crippen LogP contribution in [0, 0.1) is 0 Å². The lowest BCUT2D eigenvalue weighted by Crippen LogP contribution is -2.37. The van der Waals surface area contributed by atoms with Gasteiger partial charge in [-0.15, -0.1) is 0 Å². The fraction of sp³-hybridized carbons (Fsp3) is 0.500. The first-order chi connectivity index (χ1) is 8.26. The number of anilines is 2. The largest absolute Gasteiger partial charge is 0.465 e. The van der Waals surface area contributed by atoms with Gasteiger partial charge in [0.1, 0.15) is 0 Å². The number of carbonyl (C=O) groups is 1. The van der Waals surface area contributed by atoms with Gasteiger partial charge in [0.05, 0.1) is 24.0 Å². The molecule has 3 N–H and O–H groups in total. The lowest BCUT2D eigenvalue weighted by molar-refractivity contribution is 0.0602. The van der Waals surface area contributed by atoms with E-state index in [4.69, 9.17) is 5.73 Å². The van der Waals surface area contributed by atoms with Crippen molar-refractivity contribution < 1.29 is 14.6 Å². The van der Waals surface area contributed by atoms with Gasteiger partial charge in [-0.1, -0.05) is 0 Å². The van der Waals surface area contributed by atoms with E-state index >= 15 is 0 Å². The molecule has 0 saturated heterocycles. The van der Waals surface area contributed by atoms with Crippen LogP contribution in [0.25, 0.3) is 0 Å². The Morgan fingerprint density at radius 1 is 1.61 bits per heavy atom. The van der Waals surface area contributed by atoms with E-state index in [0.717, 1.165) is 0 Å². The summed E-state index contributed by atoms with van der Waals surface area (Å²) in [6, 6.07) is 1.50. The Bertz CT molecular complexity index is 441. The van der Waals surface area contributed by atoms with Crippen LogP contribution >= 0.6 is 0 Å². The van der Waals surface area contributed by atoms with Gasteiger partial charge in [-0.2, -0.15) is 0 Å². The predicted molar refractivity (Wildman–Crippen MR) is 69.6 cm³/mol. The summed E-state index contributed by atoms with van der Waals surface area (Å²) in [6.07, 6.45) is 1.48. The van der Waals surface area contributed by atoms with Crippen molar-refractivity contribution in [3.8, 4) is 0 Å². The number of rotatable bonds is 4. The Balaban J connectivity index is 3.07. The maximum atomic E-state index is 11.5. The molecule has 6 nitrogen and oxygen atoms in total. The van der Waals surface area contributed by atoms with Gasteiger partial charge in [0, 0.05) is 19.8 Å². The van der Waals surface area contributed by atoms with Gasteiger partial charge < -0.3 is 20.5 Å². The molecule has 0 saturated carbocycles. The van der Waals surface area contributed by atoms with Crippen LogP contribution in [0.3, 0.4) is 0 Å². The zero-order chi connectivity index (χ0) is 13.9. The maximum absolute atomic E-state index is 11.5. The molecule has 1 aromatic rings. The summed E-state index contributed by atoms with van der Waals surface area (Å²) in [5, 5.41) is 9.76. The molecule has 0 unspecified atom stereocenters. The number of aromatic nitrogens is 1. The van der Waals surface area contributed by atoms with Crippen molar-refractivity contribution in [2.24, 2.45) is 0 Å². The monoisotopic (exact) mass is 253 g/mol. The number of likely N-dealkylation sites (N-methyl/N-ethyl adjacent to an activating group) is 1. The second-order valence-corrected chi connectivity index (χ2v) is 4.76. The van der Waals surface area contributed by atoms with Gasteiger partial charge in [0.15, 0.2) is 5.82 Å². The number of ether oxygens (including phenoxy) is 1. The van der Waals surface area contributed by atoms with Crippen molar-refractivity contribution in [3.05, 3.63) is 17.8 Å². The molecule has 0 bridgehead atoms. The minimum Gasteiger partial charge on any atom is -0.465 e. The molecule has 0 radical (unpaired) electrons. The van der Waals surface area contributed by atoms with Crippen molar-refractivity contribution >= 4 is 17.5 Å². The number of nitrogens with two attached hydrogens (primary N) is 1. The van der Waals surface area contributed by atoms with E-state index < -0.39 is 11.6 Å². The summed E-state index contributed by atoms with van der Waals surface area (Å²) in [5.41, 5.74) is 5.52. The topological polar surface area (TPSA) is 88.7 Å². The Hall–Kier alpha value is -1.82. The fourth-order valence-electron chi connectivity index (χ4n) is 1.71. The van der Waals surface area contributed by atoms with Gasteiger partial charge in [-0.3, -0.25) is 0 Å². The van der Waals surface area contributed by atoms with E-state index in [9.17, 15) is 9.90 Å². The fourth-order valence-corrected chi connectivity index (χ4v) is 1.71. The number of nitrogen functional groups attached to an aromatic ring is 1. The van der Waals surface area contributed by atoms with Gasteiger partial charge in [0.2, 0.25) is 0 Å². The van der Waals surface area contributed by atoms with E-state index in [1.54, 1.807) is 25.8 Å². The van der Waals surface area contributed by atoms with Gasteiger partial charge >= 0.3 is 5.97 Å². The Labute approximate surface area is 106 Å². The first-order valence-electron chi connectivity index (χ1n) is 5.52. The highest BCUT2D eigenvalue weighted by atomic mass is 16.5. The van der Waals surface area contributed by atoms with Gasteiger partial charge in [-0.05, 0) is 19.9 Å². The molecule has 0 aliphatic heterocycles. The molecular weight excluding hydrogens is 234 g/mol. The number of esters is 1. The quantitative estimate of drug-likeness (QED) is 0.766.